The second-order valence-corrected chi connectivity index (χ2v) is 9.97. The van der Waals surface area contributed by atoms with Crippen molar-refractivity contribution >= 4 is 11.8 Å². The van der Waals surface area contributed by atoms with Crippen LogP contribution in [-0.4, -0.2) is 11.8 Å². The van der Waals surface area contributed by atoms with E-state index < -0.39 is 0 Å². The highest BCUT2D eigenvalue weighted by Crippen LogP contribution is 2.19. The van der Waals surface area contributed by atoms with Crippen LogP contribution in [0.25, 0.3) is 0 Å². The van der Waals surface area contributed by atoms with Gasteiger partial charge in [-0.3, -0.25) is 4.79 Å². The molecule has 0 amide bonds. The van der Waals surface area contributed by atoms with Crippen molar-refractivity contribution in [1.82, 2.24) is 0 Å². The number of carbonyl (C=O) groups is 2. The molecule has 0 aromatic heterocycles. The van der Waals surface area contributed by atoms with Crippen LogP contribution in [0.4, 0.5) is 0 Å². The molecule has 0 bridgehead atoms. The normalized spacial score (nSPS) is 10.9. The van der Waals surface area contributed by atoms with Crippen LogP contribution in [0.3, 0.4) is 0 Å². The Labute approximate surface area is 223 Å². The van der Waals surface area contributed by atoms with Crippen LogP contribution in [0.1, 0.15) is 115 Å². The van der Waals surface area contributed by atoms with Crippen LogP contribution in [-0.2, 0) is 12.8 Å². The van der Waals surface area contributed by atoms with Gasteiger partial charge in [-0.15, -0.1) is 0 Å². The lowest BCUT2D eigenvalue weighted by atomic mass is 10.0. The van der Waals surface area contributed by atoms with E-state index >= 15 is 0 Å². The molecule has 196 valence electrons. The van der Waals surface area contributed by atoms with Crippen LogP contribution >= 0.6 is 0 Å². The Hall–Kier alpha value is -3.20. The maximum Gasteiger partial charge on any atom is 0.343 e. The monoisotopic (exact) mass is 498 g/mol. The molecular formula is C34H42O3. The predicted octanol–water partition coefficient (Wildman–Crippen LogP) is 9.16. The molecule has 3 nitrogen and oxygen atoms in total. The van der Waals surface area contributed by atoms with Gasteiger partial charge < -0.3 is 4.74 Å². The topological polar surface area (TPSA) is 43.4 Å². The van der Waals surface area contributed by atoms with E-state index in [2.05, 4.69) is 13.8 Å². The number of aryl methyl sites for hydroxylation is 2. The summed E-state index contributed by atoms with van der Waals surface area (Å²) in [5, 5.41) is 0. The average molecular weight is 499 g/mol. The van der Waals surface area contributed by atoms with E-state index in [1.54, 1.807) is 24.3 Å². The van der Waals surface area contributed by atoms with E-state index in [9.17, 15) is 9.59 Å². The summed E-state index contributed by atoms with van der Waals surface area (Å²) in [6.45, 7) is 4.43. The van der Waals surface area contributed by atoms with Crippen LogP contribution in [0.5, 0.6) is 5.75 Å². The van der Waals surface area contributed by atoms with Gasteiger partial charge in [-0.1, -0.05) is 102 Å². The van der Waals surface area contributed by atoms with Gasteiger partial charge in [0.15, 0.2) is 5.78 Å². The number of ether oxygens (including phenoxy) is 1. The molecule has 3 aromatic rings. The number of hydrogen-bond acceptors (Lipinski definition) is 3. The lowest BCUT2D eigenvalue weighted by Gasteiger charge is -2.07. The molecule has 0 N–H and O–H groups in total. The summed E-state index contributed by atoms with van der Waals surface area (Å²) in [5.41, 5.74) is 4.28. The van der Waals surface area contributed by atoms with Crippen molar-refractivity contribution in [1.29, 1.82) is 0 Å². The molecule has 0 saturated carbocycles. The number of rotatable bonds is 16. The number of esters is 1. The fourth-order valence-corrected chi connectivity index (χ4v) is 4.48. The van der Waals surface area contributed by atoms with E-state index in [0.717, 1.165) is 25.7 Å². The summed E-state index contributed by atoms with van der Waals surface area (Å²) in [6, 6.07) is 22.3. The summed E-state index contributed by atoms with van der Waals surface area (Å²) in [6.07, 6.45) is 14.9. The van der Waals surface area contributed by atoms with Gasteiger partial charge in [-0.25, -0.2) is 4.79 Å². The fraction of sp³-hybridized carbons (Fsp3) is 0.412. The Morgan fingerprint density at radius 1 is 0.514 bits per heavy atom. The molecule has 0 radical (unpaired) electrons. The smallest absolute Gasteiger partial charge is 0.343 e. The number of ketones is 1. The number of carbonyl (C=O) groups excluding carboxylic acids is 2. The zero-order valence-electron chi connectivity index (χ0n) is 22.6. The molecule has 0 aliphatic carbocycles. The molecule has 3 rings (SSSR count). The molecule has 0 atom stereocenters. The second-order valence-electron chi connectivity index (χ2n) is 9.97. The summed E-state index contributed by atoms with van der Waals surface area (Å²) in [4.78, 5) is 25.4. The van der Waals surface area contributed by atoms with Gasteiger partial charge in [0, 0.05) is 11.1 Å². The van der Waals surface area contributed by atoms with Crippen molar-refractivity contribution in [2.45, 2.75) is 90.9 Å². The van der Waals surface area contributed by atoms with Crippen molar-refractivity contribution < 1.29 is 14.3 Å². The molecule has 3 heteroatoms. The minimum atomic E-state index is -0.389. The maximum absolute atomic E-state index is 12.8. The molecule has 0 spiro atoms. The van der Waals surface area contributed by atoms with Gasteiger partial charge in [0.1, 0.15) is 5.75 Å². The van der Waals surface area contributed by atoms with Crippen molar-refractivity contribution in [3.63, 3.8) is 0 Å². The van der Waals surface area contributed by atoms with Crippen LogP contribution in [0.15, 0.2) is 72.8 Å². The van der Waals surface area contributed by atoms with E-state index in [4.69, 9.17) is 4.74 Å². The van der Waals surface area contributed by atoms with Gasteiger partial charge >= 0.3 is 5.97 Å². The van der Waals surface area contributed by atoms with Crippen molar-refractivity contribution in [3.05, 3.63) is 101 Å². The van der Waals surface area contributed by atoms with Crippen molar-refractivity contribution in [3.8, 4) is 5.75 Å². The molecule has 0 saturated heterocycles. The third-order valence-corrected chi connectivity index (χ3v) is 6.87. The highest BCUT2D eigenvalue weighted by atomic mass is 16.5. The molecule has 0 unspecified atom stereocenters. The minimum Gasteiger partial charge on any atom is -0.423 e. The van der Waals surface area contributed by atoms with E-state index in [-0.39, 0.29) is 11.8 Å². The van der Waals surface area contributed by atoms with Crippen LogP contribution in [0, 0.1) is 0 Å². The Balaban J connectivity index is 1.44. The van der Waals surface area contributed by atoms with Crippen LogP contribution < -0.4 is 4.74 Å². The molecule has 0 heterocycles. The van der Waals surface area contributed by atoms with Gasteiger partial charge in [-0.05, 0) is 73.2 Å². The zero-order valence-corrected chi connectivity index (χ0v) is 22.6. The number of unbranched alkanes of at least 4 members (excludes halogenated alkanes) is 8. The first-order chi connectivity index (χ1) is 18.1. The first kappa shape index (κ1) is 28.4. The van der Waals surface area contributed by atoms with Gasteiger partial charge in [0.05, 0.1) is 5.56 Å². The molecular weight excluding hydrogens is 456 g/mol. The fourth-order valence-electron chi connectivity index (χ4n) is 4.48. The Morgan fingerprint density at radius 3 is 1.49 bits per heavy atom. The van der Waals surface area contributed by atoms with Crippen molar-refractivity contribution in [2.75, 3.05) is 0 Å². The van der Waals surface area contributed by atoms with Gasteiger partial charge in [-0.2, -0.15) is 0 Å². The predicted molar refractivity (Wildman–Crippen MR) is 153 cm³/mol. The second kappa shape index (κ2) is 15.8. The highest BCUT2D eigenvalue weighted by Gasteiger charge is 2.12. The Bertz CT molecular complexity index is 1080. The largest absolute Gasteiger partial charge is 0.423 e. The van der Waals surface area contributed by atoms with E-state index in [1.807, 2.05) is 48.5 Å². The van der Waals surface area contributed by atoms with Crippen molar-refractivity contribution in [2.24, 2.45) is 0 Å². The third-order valence-electron chi connectivity index (χ3n) is 6.87. The summed E-state index contributed by atoms with van der Waals surface area (Å²) in [5.74, 6) is 0.00634. The summed E-state index contributed by atoms with van der Waals surface area (Å²) in [7, 11) is 0. The van der Waals surface area contributed by atoms with Gasteiger partial charge in [0.2, 0.25) is 0 Å². The standard InChI is InChI=1S/C34H42O3/c1-3-5-7-8-9-10-11-12-14-28-17-21-31(22-18-28)34(36)37-32-25-23-30(24-26-32)33(35)29-19-15-27(16-20-29)13-6-4-2/h15-26H,3-14H2,1-2H3. The average Bonchev–Trinajstić information content (AvgIpc) is 2.94. The molecule has 0 aliphatic rings. The van der Waals surface area contributed by atoms with E-state index in [0.29, 0.717) is 22.4 Å². The lowest BCUT2D eigenvalue weighted by molar-refractivity contribution is 0.0734. The maximum atomic E-state index is 12.8. The Morgan fingerprint density at radius 2 is 0.946 bits per heavy atom. The SMILES string of the molecule is CCCCCCCCCCc1ccc(C(=O)Oc2ccc(C(=O)c3ccc(CCCC)cc3)cc2)cc1. The molecule has 3 aromatic carbocycles. The first-order valence-electron chi connectivity index (χ1n) is 14.2. The Kier molecular flexibility index (Phi) is 12.1. The molecule has 37 heavy (non-hydrogen) atoms. The zero-order chi connectivity index (χ0) is 26.3. The van der Waals surface area contributed by atoms with Gasteiger partial charge in [0.25, 0.3) is 0 Å². The highest BCUT2D eigenvalue weighted by molar-refractivity contribution is 6.09. The molecule has 0 aliphatic heterocycles. The minimum absolute atomic E-state index is 0.0352. The quantitative estimate of drug-likeness (QED) is 0.0855. The lowest BCUT2D eigenvalue weighted by Crippen LogP contribution is -2.09. The summed E-state index contributed by atoms with van der Waals surface area (Å²) < 4.78 is 5.54. The number of hydrogen-bond donors (Lipinski definition) is 0. The molecule has 0 fully saturated rings. The third kappa shape index (κ3) is 9.64. The first-order valence-corrected chi connectivity index (χ1v) is 14.2. The van der Waals surface area contributed by atoms with Crippen LogP contribution in [0.2, 0.25) is 0 Å². The number of benzene rings is 3. The summed E-state index contributed by atoms with van der Waals surface area (Å²) >= 11 is 0. The van der Waals surface area contributed by atoms with E-state index in [1.165, 1.54) is 62.5 Å².